The number of hydrogen-bond donors (Lipinski definition) is 1. The molecule has 30 heavy (non-hydrogen) atoms. The van der Waals surface area contributed by atoms with Crippen LogP contribution in [0.5, 0.6) is 0 Å². The molecular weight excluding hydrogens is 419 g/mol. The standard InChI is InChI=1S/C19H18F3N5O2S/c1-2-26(11-16(28)23-14-8-4-3-7-13(14)19(20,21)22)17(29)12-30-18-25-24-15-9-5-6-10-27(15)18/h3-10H,2,11-12H2,1H3,(H,23,28). The quantitative estimate of drug-likeness (QED) is 0.574. The van der Waals surface area contributed by atoms with Gasteiger partial charge in [0.25, 0.3) is 0 Å². The average molecular weight is 437 g/mol. The van der Waals surface area contributed by atoms with Crippen molar-refractivity contribution in [1.29, 1.82) is 0 Å². The van der Waals surface area contributed by atoms with Crippen molar-refractivity contribution in [2.24, 2.45) is 0 Å². The van der Waals surface area contributed by atoms with Crippen molar-refractivity contribution in [3.63, 3.8) is 0 Å². The lowest BCUT2D eigenvalue weighted by molar-refractivity contribution is -0.137. The fourth-order valence-electron chi connectivity index (χ4n) is 2.71. The molecule has 3 rings (SSSR count). The smallest absolute Gasteiger partial charge is 0.333 e. The molecule has 2 amide bonds. The highest BCUT2D eigenvalue weighted by Crippen LogP contribution is 2.34. The molecule has 0 bridgehead atoms. The van der Waals surface area contributed by atoms with Crippen LogP contribution in [0.15, 0.2) is 53.8 Å². The fourth-order valence-corrected chi connectivity index (χ4v) is 3.54. The third-order valence-electron chi connectivity index (χ3n) is 4.18. The minimum atomic E-state index is -4.60. The molecule has 1 aromatic carbocycles. The van der Waals surface area contributed by atoms with Crippen LogP contribution in [0.1, 0.15) is 12.5 Å². The molecule has 158 valence electrons. The first-order valence-electron chi connectivity index (χ1n) is 8.96. The Hall–Kier alpha value is -3.08. The van der Waals surface area contributed by atoms with E-state index < -0.39 is 17.6 Å². The van der Waals surface area contributed by atoms with Crippen LogP contribution >= 0.6 is 11.8 Å². The van der Waals surface area contributed by atoms with Crippen LogP contribution in [0.4, 0.5) is 18.9 Å². The first-order chi connectivity index (χ1) is 14.3. The summed E-state index contributed by atoms with van der Waals surface area (Å²) < 4.78 is 40.9. The van der Waals surface area contributed by atoms with E-state index in [2.05, 4.69) is 15.5 Å². The van der Waals surface area contributed by atoms with Crippen molar-refractivity contribution in [1.82, 2.24) is 19.5 Å². The fraction of sp³-hybridized carbons (Fsp3) is 0.263. The van der Waals surface area contributed by atoms with E-state index in [0.717, 1.165) is 17.8 Å². The van der Waals surface area contributed by atoms with E-state index in [-0.39, 0.29) is 30.4 Å². The lowest BCUT2D eigenvalue weighted by Crippen LogP contribution is -2.39. The van der Waals surface area contributed by atoms with Gasteiger partial charge in [-0.3, -0.25) is 14.0 Å². The molecule has 0 spiro atoms. The van der Waals surface area contributed by atoms with E-state index in [9.17, 15) is 22.8 Å². The van der Waals surface area contributed by atoms with E-state index in [4.69, 9.17) is 0 Å². The highest BCUT2D eigenvalue weighted by atomic mass is 32.2. The van der Waals surface area contributed by atoms with Gasteiger partial charge in [0.15, 0.2) is 10.8 Å². The van der Waals surface area contributed by atoms with E-state index in [1.165, 1.54) is 23.1 Å². The summed E-state index contributed by atoms with van der Waals surface area (Å²) in [6, 6.07) is 10.1. The summed E-state index contributed by atoms with van der Waals surface area (Å²) in [5.41, 5.74) is -0.646. The SMILES string of the molecule is CCN(CC(=O)Nc1ccccc1C(F)(F)F)C(=O)CSc1nnc2ccccn12. The molecule has 0 unspecified atom stereocenters. The average Bonchev–Trinajstić information content (AvgIpc) is 3.13. The topological polar surface area (TPSA) is 79.6 Å². The number of fused-ring (bicyclic) bond motifs is 1. The van der Waals surface area contributed by atoms with Gasteiger partial charge in [0.05, 0.1) is 23.5 Å². The Bertz CT molecular complexity index is 1050. The van der Waals surface area contributed by atoms with Crippen molar-refractivity contribution < 1.29 is 22.8 Å². The number of thioether (sulfide) groups is 1. The lowest BCUT2D eigenvalue weighted by atomic mass is 10.1. The van der Waals surface area contributed by atoms with E-state index in [1.807, 2.05) is 12.1 Å². The highest BCUT2D eigenvalue weighted by Gasteiger charge is 2.33. The maximum atomic E-state index is 13.1. The molecule has 11 heteroatoms. The van der Waals surface area contributed by atoms with Gasteiger partial charge < -0.3 is 10.2 Å². The Morgan fingerprint density at radius 2 is 1.87 bits per heavy atom. The van der Waals surface area contributed by atoms with Gasteiger partial charge in [-0.25, -0.2) is 0 Å². The molecule has 0 aliphatic heterocycles. The molecule has 0 saturated carbocycles. The number of halogens is 3. The number of para-hydroxylation sites is 1. The Morgan fingerprint density at radius 3 is 2.60 bits per heavy atom. The summed E-state index contributed by atoms with van der Waals surface area (Å²) >= 11 is 1.16. The lowest BCUT2D eigenvalue weighted by Gasteiger charge is -2.21. The van der Waals surface area contributed by atoms with Crippen LogP contribution in [0.25, 0.3) is 5.65 Å². The van der Waals surface area contributed by atoms with Gasteiger partial charge in [-0.05, 0) is 31.2 Å². The molecule has 1 N–H and O–H groups in total. The molecule has 2 aromatic heterocycles. The number of benzene rings is 1. The zero-order chi connectivity index (χ0) is 21.7. The predicted molar refractivity (Wildman–Crippen MR) is 106 cm³/mol. The maximum Gasteiger partial charge on any atom is 0.418 e. The molecule has 0 aliphatic rings. The number of aromatic nitrogens is 3. The number of pyridine rings is 1. The van der Waals surface area contributed by atoms with Gasteiger partial charge in [0.1, 0.15) is 0 Å². The normalized spacial score (nSPS) is 11.5. The van der Waals surface area contributed by atoms with Gasteiger partial charge in [-0.15, -0.1) is 10.2 Å². The van der Waals surface area contributed by atoms with Crippen LogP contribution in [0, 0.1) is 0 Å². The largest absolute Gasteiger partial charge is 0.418 e. The van der Waals surface area contributed by atoms with Crippen molar-refractivity contribution in [2.45, 2.75) is 18.3 Å². The number of rotatable bonds is 7. The summed E-state index contributed by atoms with van der Waals surface area (Å²) in [7, 11) is 0. The number of carbonyl (C=O) groups excluding carboxylic acids is 2. The molecule has 0 saturated heterocycles. The van der Waals surface area contributed by atoms with Gasteiger partial charge in [0.2, 0.25) is 11.8 Å². The summed E-state index contributed by atoms with van der Waals surface area (Å²) in [5.74, 6) is -1.04. The van der Waals surface area contributed by atoms with E-state index >= 15 is 0 Å². The van der Waals surface area contributed by atoms with Crippen molar-refractivity contribution in [2.75, 3.05) is 24.2 Å². The molecular formula is C19H18F3N5O2S. The van der Waals surface area contributed by atoms with Crippen LogP contribution < -0.4 is 5.32 Å². The van der Waals surface area contributed by atoms with Crippen LogP contribution in [0.2, 0.25) is 0 Å². The number of likely N-dealkylation sites (N-methyl/N-ethyl adjacent to an activating group) is 1. The first kappa shape index (κ1) is 21.6. The number of hydrogen-bond acceptors (Lipinski definition) is 5. The van der Waals surface area contributed by atoms with Gasteiger partial charge in [0, 0.05) is 12.7 Å². The monoisotopic (exact) mass is 437 g/mol. The summed E-state index contributed by atoms with van der Waals surface area (Å²) in [4.78, 5) is 26.0. The zero-order valence-electron chi connectivity index (χ0n) is 15.9. The second-order valence-corrected chi connectivity index (χ2v) is 7.14. The Kier molecular flexibility index (Phi) is 6.60. The number of carbonyl (C=O) groups is 2. The number of amides is 2. The number of nitrogens with zero attached hydrogens (tertiary/aromatic N) is 4. The Balaban J connectivity index is 1.61. The molecule has 3 aromatic rings. The molecule has 0 fully saturated rings. The predicted octanol–water partition coefficient (Wildman–Crippen LogP) is 3.33. The van der Waals surface area contributed by atoms with Crippen LogP contribution in [-0.4, -0.2) is 50.2 Å². The number of nitrogens with one attached hydrogen (secondary N) is 1. The number of alkyl halides is 3. The summed E-state index contributed by atoms with van der Waals surface area (Å²) in [5, 5.41) is 10.8. The van der Waals surface area contributed by atoms with Crippen molar-refractivity contribution in [3.05, 3.63) is 54.2 Å². The van der Waals surface area contributed by atoms with E-state index in [1.54, 1.807) is 23.6 Å². The Morgan fingerprint density at radius 1 is 1.13 bits per heavy atom. The zero-order valence-corrected chi connectivity index (χ0v) is 16.7. The maximum absolute atomic E-state index is 13.1. The molecule has 0 atom stereocenters. The summed E-state index contributed by atoms with van der Waals surface area (Å²) in [6.45, 7) is 1.56. The van der Waals surface area contributed by atoms with Crippen molar-refractivity contribution >= 4 is 34.9 Å². The summed E-state index contributed by atoms with van der Waals surface area (Å²) in [6.07, 6.45) is -2.83. The van der Waals surface area contributed by atoms with Crippen LogP contribution in [-0.2, 0) is 15.8 Å². The van der Waals surface area contributed by atoms with Gasteiger partial charge in [-0.1, -0.05) is 30.0 Å². The van der Waals surface area contributed by atoms with E-state index in [0.29, 0.717) is 10.8 Å². The molecule has 0 radical (unpaired) electrons. The highest BCUT2D eigenvalue weighted by molar-refractivity contribution is 7.99. The van der Waals surface area contributed by atoms with Gasteiger partial charge in [-0.2, -0.15) is 13.2 Å². The minimum Gasteiger partial charge on any atom is -0.333 e. The van der Waals surface area contributed by atoms with Gasteiger partial charge >= 0.3 is 6.18 Å². The van der Waals surface area contributed by atoms with Crippen LogP contribution in [0.3, 0.4) is 0 Å². The Labute approximate surface area is 174 Å². The first-order valence-corrected chi connectivity index (χ1v) is 9.94. The second-order valence-electron chi connectivity index (χ2n) is 6.20. The third kappa shape index (κ3) is 5.09. The molecule has 2 heterocycles. The third-order valence-corrected chi connectivity index (χ3v) is 5.11. The number of anilines is 1. The molecule has 0 aliphatic carbocycles. The van der Waals surface area contributed by atoms with Crippen molar-refractivity contribution in [3.8, 4) is 0 Å². The minimum absolute atomic E-state index is 0.00987. The second kappa shape index (κ2) is 9.16. The molecule has 7 nitrogen and oxygen atoms in total.